The number of hydrogen-bond acceptors (Lipinski definition) is 3. The van der Waals surface area contributed by atoms with Crippen LogP contribution >= 0.6 is 11.3 Å². The first-order valence-electron chi connectivity index (χ1n) is 14.0. The Kier molecular flexibility index (Phi) is 6.19. The minimum atomic E-state index is 0.0224. The van der Waals surface area contributed by atoms with Crippen LogP contribution in [0.3, 0.4) is 0 Å². The molecule has 198 valence electrons. The molecule has 0 aliphatic rings. The third-order valence-electron chi connectivity index (χ3n) is 8.05. The maximum absolute atomic E-state index is 6.42. The number of rotatable bonds is 4. The zero-order valence-electron chi connectivity index (χ0n) is 24.3. The Balaban J connectivity index is 1.60. The molecule has 39 heavy (non-hydrogen) atoms. The van der Waals surface area contributed by atoms with Crippen molar-refractivity contribution in [3.63, 3.8) is 0 Å². The molecule has 0 amide bonds. The molecule has 0 saturated carbocycles. The van der Waals surface area contributed by atoms with Crippen molar-refractivity contribution in [3.05, 3.63) is 88.0 Å². The van der Waals surface area contributed by atoms with Gasteiger partial charge in [-0.15, -0.1) is 11.3 Å². The van der Waals surface area contributed by atoms with Crippen LogP contribution in [0.1, 0.15) is 61.9 Å². The summed E-state index contributed by atoms with van der Waals surface area (Å²) in [6.45, 7) is 18.0. The minimum Gasteiger partial charge on any atom is -0.461 e. The topological polar surface area (TPSA) is 26.0 Å². The number of fused-ring (bicyclic) bond motifs is 3. The van der Waals surface area contributed by atoms with Crippen molar-refractivity contribution in [3.8, 4) is 22.4 Å². The smallest absolute Gasteiger partial charge is 0.135 e. The van der Waals surface area contributed by atoms with E-state index in [0.29, 0.717) is 5.92 Å². The molecular weight excluding hydrogens is 494 g/mol. The van der Waals surface area contributed by atoms with Gasteiger partial charge in [-0.2, -0.15) is 0 Å². The molecule has 0 unspecified atom stereocenters. The molecule has 2 nitrogen and oxygen atoms in total. The Labute approximate surface area is 235 Å². The number of pyridine rings is 1. The third kappa shape index (κ3) is 4.47. The highest BCUT2D eigenvalue weighted by Crippen LogP contribution is 2.42. The summed E-state index contributed by atoms with van der Waals surface area (Å²) in [6.07, 6.45) is 0.959. The van der Waals surface area contributed by atoms with E-state index in [2.05, 4.69) is 116 Å². The molecule has 3 heterocycles. The standard InChI is InChI=1S/C36H37NOS/c1-20(2)15-32-22(4)27-14-13-25(18-33(27)38-32)29-19-31(37-35-34(29)21(3)23(5)39-35)26-16-24-11-9-10-12-28(24)30(17-26)36(6,7)8/h9-14,16-20H,15H2,1-8H3. The van der Waals surface area contributed by atoms with E-state index in [1.54, 1.807) is 11.3 Å². The van der Waals surface area contributed by atoms with Gasteiger partial charge in [0.1, 0.15) is 16.2 Å². The highest BCUT2D eigenvalue weighted by atomic mass is 32.1. The number of thiophene rings is 1. The molecule has 6 aromatic rings. The average molecular weight is 532 g/mol. The quantitative estimate of drug-likeness (QED) is 0.226. The number of furan rings is 1. The van der Waals surface area contributed by atoms with Gasteiger partial charge in [0.2, 0.25) is 0 Å². The lowest BCUT2D eigenvalue weighted by molar-refractivity contribution is 0.496. The van der Waals surface area contributed by atoms with Crippen molar-refractivity contribution in [2.24, 2.45) is 5.92 Å². The number of hydrogen-bond donors (Lipinski definition) is 0. The largest absolute Gasteiger partial charge is 0.461 e. The lowest BCUT2D eigenvalue weighted by Crippen LogP contribution is -2.12. The van der Waals surface area contributed by atoms with Crippen LogP contribution in [0, 0.1) is 26.7 Å². The second kappa shape index (κ2) is 9.34. The maximum atomic E-state index is 6.42. The summed E-state index contributed by atoms with van der Waals surface area (Å²) in [5, 5.41) is 5.03. The van der Waals surface area contributed by atoms with Gasteiger partial charge in [-0.25, -0.2) is 4.98 Å². The Morgan fingerprint density at radius 2 is 1.62 bits per heavy atom. The second-order valence-electron chi connectivity index (χ2n) is 12.5. The van der Waals surface area contributed by atoms with Gasteiger partial charge in [-0.3, -0.25) is 0 Å². The van der Waals surface area contributed by atoms with Crippen LogP contribution in [0.5, 0.6) is 0 Å². The van der Waals surface area contributed by atoms with Crippen LogP contribution in [-0.4, -0.2) is 4.98 Å². The van der Waals surface area contributed by atoms with Crippen molar-refractivity contribution < 1.29 is 4.42 Å². The van der Waals surface area contributed by atoms with E-state index >= 15 is 0 Å². The second-order valence-corrected chi connectivity index (χ2v) is 13.7. The monoisotopic (exact) mass is 531 g/mol. The third-order valence-corrected chi connectivity index (χ3v) is 9.15. The van der Waals surface area contributed by atoms with E-state index in [0.717, 1.165) is 28.3 Å². The van der Waals surface area contributed by atoms with Crippen LogP contribution in [0.25, 0.3) is 54.3 Å². The molecule has 3 aromatic heterocycles. The molecule has 0 N–H and O–H groups in total. The first-order chi connectivity index (χ1) is 18.5. The Bertz CT molecular complexity index is 1880. The fourth-order valence-corrected chi connectivity index (χ4v) is 6.87. The van der Waals surface area contributed by atoms with Crippen molar-refractivity contribution >= 4 is 43.3 Å². The average Bonchev–Trinajstić information content (AvgIpc) is 3.35. The summed E-state index contributed by atoms with van der Waals surface area (Å²) in [7, 11) is 0. The number of aryl methyl sites for hydroxylation is 3. The van der Waals surface area contributed by atoms with Crippen molar-refractivity contribution in [1.82, 2.24) is 4.98 Å². The van der Waals surface area contributed by atoms with Crippen LogP contribution in [0.2, 0.25) is 0 Å². The van der Waals surface area contributed by atoms with E-state index in [9.17, 15) is 0 Å². The highest BCUT2D eigenvalue weighted by Gasteiger charge is 2.21. The predicted molar refractivity (Wildman–Crippen MR) is 169 cm³/mol. The Hall–Kier alpha value is -3.43. The molecule has 0 fully saturated rings. The van der Waals surface area contributed by atoms with Gasteiger partial charge in [0, 0.05) is 27.6 Å². The number of aromatic nitrogens is 1. The van der Waals surface area contributed by atoms with Gasteiger partial charge in [0.15, 0.2) is 0 Å². The Morgan fingerprint density at radius 3 is 2.36 bits per heavy atom. The van der Waals surface area contributed by atoms with Crippen LogP contribution in [-0.2, 0) is 11.8 Å². The highest BCUT2D eigenvalue weighted by molar-refractivity contribution is 7.18. The van der Waals surface area contributed by atoms with Crippen LogP contribution in [0.4, 0.5) is 0 Å². The molecule has 0 spiro atoms. The van der Waals surface area contributed by atoms with Gasteiger partial charge < -0.3 is 4.42 Å². The van der Waals surface area contributed by atoms with E-state index in [1.165, 1.54) is 59.8 Å². The van der Waals surface area contributed by atoms with Gasteiger partial charge in [-0.05, 0) is 95.0 Å². The molecule has 3 heteroatoms. The first kappa shape index (κ1) is 25.8. The maximum Gasteiger partial charge on any atom is 0.135 e. The van der Waals surface area contributed by atoms with Gasteiger partial charge in [-0.1, -0.05) is 71.0 Å². The Morgan fingerprint density at radius 1 is 0.846 bits per heavy atom. The fourth-order valence-electron chi connectivity index (χ4n) is 5.82. The summed E-state index contributed by atoms with van der Waals surface area (Å²) in [6, 6.07) is 22.4. The lowest BCUT2D eigenvalue weighted by Gasteiger charge is -2.23. The molecule has 0 aliphatic carbocycles. The molecule has 0 bridgehead atoms. The fraction of sp³-hybridized carbons (Fsp3) is 0.306. The van der Waals surface area contributed by atoms with Gasteiger partial charge >= 0.3 is 0 Å². The molecule has 0 saturated heterocycles. The normalized spacial score (nSPS) is 12.4. The minimum absolute atomic E-state index is 0.0224. The zero-order valence-corrected chi connectivity index (χ0v) is 25.1. The molecule has 6 rings (SSSR count). The van der Waals surface area contributed by atoms with Gasteiger partial charge in [0.25, 0.3) is 0 Å². The first-order valence-corrected chi connectivity index (χ1v) is 14.8. The zero-order chi connectivity index (χ0) is 27.6. The van der Waals surface area contributed by atoms with E-state index in [-0.39, 0.29) is 5.41 Å². The molecule has 3 aromatic carbocycles. The summed E-state index contributed by atoms with van der Waals surface area (Å²) < 4.78 is 6.42. The van der Waals surface area contributed by atoms with Crippen molar-refractivity contribution in [1.29, 1.82) is 0 Å². The van der Waals surface area contributed by atoms with Crippen LogP contribution in [0.15, 0.2) is 65.1 Å². The summed E-state index contributed by atoms with van der Waals surface area (Å²) in [4.78, 5) is 7.67. The van der Waals surface area contributed by atoms with Crippen molar-refractivity contribution in [2.75, 3.05) is 0 Å². The predicted octanol–water partition coefficient (Wildman–Crippen LogP) is 11.0. The summed E-state index contributed by atoms with van der Waals surface area (Å²) in [5.41, 5.74) is 9.51. The summed E-state index contributed by atoms with van der Waals surface area (Å²) >= 11 is 1.79. The molecule has 0 radical (unpaired) electrons. The van der Waals surface area contributed by atoms with E-state index in [1.807, 2.05) is 0 Å². The van der Waals surface area contributed by atoms with E-state index < -0.39 is 0 Å². The molecular formula is C36H37NOS. The van der Waals surface area contributed by atoms with Crippen LogP contribution < -0.4 is 0 Å². The number of nitrogens with zero attached hydrogens (tertiary/aromatic N) is 1. The molecule has 0 aliphatic heterocycles. The lowest BCUT2D eigenvalue weighted by atomic mass is 9.82. The SMILES string of the molecule is Cc1sc2nc(-c3cc(C(C)(C)C)c4ccccc4c3)cc(-c3ccc4c(C)c(CC(C)C)oc4c3)c2c1C. The number of benzene rings is 3. The summed E-state index contributed by atoms with van der Waals surface area (Å²) in [5.74, 6) is 1.66. The molecule has 0 atom stereocenters. The van der Waals surface area contributed by atoms with Gasteiger partial charge in [0.05, 0.1) is 5.69 Å². The van der Waals surface area contributed by atoms with Crippen molar-refractivity contribution in [2.45, 2.75) is 67.2 Å². The van der Waals surface area contributed by atoms with E-state index in [4.69, 9.17) is 9.40 Å².